The number of hydrogen-bond donors (Lipinski definition) is 2. The first kappa shape index (κ1) is 25.9. The van der Waals surface area contributed by atoms with Gasteiger partial charge in [0.25, 0.3) is 5.91 Å². The zero-order valence-corrected chi connectivity index (χ0v) is 21.2. The van der Waals surface area contributed by atoms with Crippen molar-refractivity contribution in [2.45, 2.75) is 31.0 Å². The average Bonchev–Trinajstić information content (AvgIpc) is 2.96. The molecule has 5 rings (SSSR count). The van der Waals surface area contributed by atoms with E-state index in [1.807, 2.05) is 42.5 Å². The second-order valence-corrected chi connectivity index (χ2v) is 9.61. The van der Waals surface area contributed by atoms with Crippen LogP contribution < -0.4 is 5.32 Å². The minimum Gasteiger partial charge on any atom is -0.479 e. The maximum Gasteiger partial charge on any atom is 0.410 e. The molecule has 0 aliphatic carbocycles. The van der Waals surface area contributed by atoms with Crippen molar-refractivity contribution in [3.63, 3.8) is 0 Å². The van der Waals surface area contributed by atoms with Crippen LogP contribution in [-0.2, 0) is 20.9 Å². The zero-order valence-electron chi connectivity index (χ0n) is 21.2. The van der Waals surface area contributed by atoms with Crippen LogP contribution in [0.25, 0.3) is 10.8 Å². The Hall–Kier alpha value is -4.73. The third-order valence-corrected chi connectivity index (χ3v) is 7.18. The molecule has 3 amide bonds. The van der Waals surface area contributed by atoms with Crippen molar-refractivity contribution >= 4 is 34.6 Å². The number of amides is 3. The Kier molecular flexibility index (Phi) is 7.27. The van der Waals surface area contributed by atoms with Gasteiger partial charge in [-0.05, 0) is 23.4 Å². The molecule has 1 saturated heterocycles. The summed E-state index contributed by atoms with van der Waals surface area (Å²) in [5.41, 5.74) is -0.707. The highest BCUT2D eigenvalue weighted by molar-refractivity contribution is 6.06. The summed E-state index contributed by atoms with van der Waals surface area (Å²) in [6.07, 6.45) is 4.47. The third-order valence-electron chi connectivity index (χ3n) is 7.18. The summed E-state index contributed by atoms with van der Waals surface area (Å²) in [6, 6.07) is 17.3. The first-order chi connectivity index (χ1) is 18.9. The summed E-state index contributed by atoms with van der Waals surface area (Å²) in [4.78, 5) is 59.3. The Morgan fingerprint density at radius 2 is 1.79 bits per heavy atom. The Morgan fingerprint density at radius 1 is 1.03 bits per heavy atom. The Balaban J connectivity index is 1.34. The topological polar surface area (TPSA) is 129 Å². The molecule has 0 spiro atoms. The number of carbonyl (C=O) groups excluding carboxylic acids is 3. The molecule has 200 valence electrons. The van der Waals surface area contributed by atoms with Crippen molar-refractivity contribution in [2.75, 3.05) is 19.6 Å². The summed E-state index contributed by atoms with van der Waals surface area (Å²) in [7, 11) is 0. The van der Waals surface area contributed by atoms with Gasteiger partial charge >= 0.3 is 12.1 Å². The van der Waals surface area contributed by atoms with Crippen LogP contribution in [0.2, 0.25) is 0 Å². The predicted molar refractivity (Wildman–Crippen MR) is 142 cm³/mol. The number of nitrogens with one attached hydrogen (secondary N) is 1. The third kappa shape index (κ3) is 5.18. The highest BCUT2D eigenvalue weighted by Gasteiger charge is 2.52. The van der Waals surface area contributed by atoms with E-state index in [1.54, 1.807) is 30.4 Å². The number of nitrogens with zero attached hydrogens (tertiary/aromatic N) is 3. The Labute approximate surface area is 224 Å². The van der Waals surface area contributed by atoms with E-state index in [2.05, 4.69) is 10.3 Å². The van der Waals surface area contributed by atoms with Gasteiger partial charge in [0.1, 0.15) is 18.3 Å². The quantitative estimate of drug-likeness (QED) is 0.487. The van der Waals surface area contributed by atoms with E-state index < -0.39 is 35.5 Å². The summed E-state index contributed by atoms with van der Waals surface area (Å²) in [6.45, 7) is -0.103. The summed E-state index contributed by atoms with van der Waals surface area (Å²) in [5, 5.41) is 14.6. The van der Waals surface area contributed by atoms with Gasteiger partial charge < -0.3 is 25.0 Å². The van der Waals surface area contributed by atoms with E-state index in [9.17, 15) is 24.3 Å². The van der Waals surface area contributed by atoms with Crippen LogP contribution in [-0.4, -0.2) is 75.0 Å². The molecule has 2 aromatic carbocycles. The molecule has 2 N–H and O–H groups in total. The Morgan fingerprint density at radius 3 is 2.59 bits per heavy atom. The number of carboxylic acids is 1. The predicted octanol–water partition coefficient (Wildman–Crippen LogP) is 2.99. The molecule has 39 heavy (non-hydrogen) atoms. The van der Waals surface area contributed by atoms with Gasteiger partial charge in [-0.25, -0.2) is 9.59 Å². The van der Waals surface area contributed by atoms with Gasteiger partial charge in [0.05, 0.1) is 6.54 Å². The van der Waals surface area contributed by atoms with Crippen LogP contribution in [0.5, 0.6) is 0 Å². The highest BCUT2D eigenvalue weighted by atomic mass is 16.6. The summed E-state index contributed by atoms with van der Waals surface area (Å²) >= 11 is 0. The van der Waals surface area contributed by atoms with Gasteiger partial charge in [-0.15, -0.1) is 0 Å². The Bertz CT molecular complexity index is 1440. The van der Waals surface area contributed by atoms with Gasteiger partial charge in [0.15, 0.2) is 5.54 Å². The molecule has 0 bridgehead atoms. The largest absolute Gasteiger partial charge is 0.479 e. The van der Waals surface area contributed by atoms with Crippen LogP contribution in [0.15, 0.2) is 79.0 Å². The van der Waals surface area contributed by atoms with Crippen molar-refractivity contribution in [3.05, 3.63) is 90.3 Å². The molecule has 0 unspecified atom stereocenters. The van der Waals surface area contributed by atoms with Gasteiger partial charge in [0.2, 0.25) is 5.91 Å². The number of pyridine rings is 1. The molecule has 3 aromatic rings. The molecule has 1 aromatic heterocycles. The first-order valence-electron chi connectivity index (χ1n) is 12.7. The molecular weight excluding hydrogens is 500 g/mol. The van der Waals surface area contributed by atoms with Crippen molar-refractivity contribution in [3.8, 4) is 0 Å². The highest BCUT2D eigenvalue weighted by Crippen LogP contribution is 2.30. The SMILES string of the molecule is O=C(N[C@H]1C/C=C\C[C@@]2(C(=O)O)CN(C(=O)OCc3ccccc3)CCN2C1=O)c1nccc2ccccc12. The molecule has 3 heterocycles. The molecule has 2 atom stereocenters. The minimum absolute atomic E-state index is 0.0156. The van der Waals surface area contributed by atoms with Crippen LogP contribution in [0, 0.1) is 0 Å². The first-order valence-corrected chi connectivity index (χ1v) is 12.7. The van der Waals surface area contributed by atoms with Crippen LogP contribution >= 0.6 is 0 Å². The number of benzene rings is 2. The number of hydrogen-bond acceptors (Lipinski definition) is 6. The van der Waals surface area contributed by atoms with Crippen LogP contribution in [0.1, 0.15) is 28.9 Å². The lowest BCUT2D eigenvalue weighted by Gasteiger charge is -2.48. The molecular formula is C29H28N4O6. The van der Waals surface area contributed by atoms with E-state index in [4.69, 9.17) is 4.74 Å². The number of fused-ring (bicyclic) bond motifs is 2. The fourth-order valence-electron chi connectivity index (χ4n) is 5.09. The minimum atomic E-state index is -1.70. The van der Waals surface area contributed by atoms with E-state index in [0.717, 1.165) is 10.9 Å². The van der Waals surface area contributed by atoms with Gasteiger partial charge in [-0.1, -0.05) is 66.7 Å². The van der Waals surface area contributed by atoms with Crippen molar-refractivity contribution in [2.24, 2.45) is 0 Å². The molecule has 0 radical (unpaired) electrons. The van der Waals surface area contributed by atoms with E-state index in [0.29, 0.717) is 5.39 Å². The van der Waals surface area contributed by atoms with E-state index in [1.165, 1.54) is 16.0 Å². The average molecular weight is 529 g/mol. The number of piperazine rings is 1. The van der Waals surface area contributed by atoms with Crippen LogP contribution in [0.3, 0.4) is 0 Å². The van der Waals surface area contributed by atoms with E-state index >= 15 is 0 Å². The molecule has 1 fully saturated rings. The number of rotatable bonds is 5. The number of carboxylic acid groups (broad SMARTS) is 1. The molecule has 10 nitrogen and oxygen atoms in total. The second-order valence-electron chi connectivity index (χ2n) is 9.61. The normalized spacial score (nSPS) is 21.8. The number of aromatic nitrogens is 1. The smallest absolute Gasteiger partial charge is 0.410 e. The maximum atomic E-state index is 13.7. The fraction of sp³-hybridized carbons (Fsp3) is 0.276. The maximum absolute atomic E-state index is 13.7. The van der Waals surface area contributed by atoms with Crippen molar-refractivity contribution in [1.29, 1.82) is 0 Å². The van der Waals surface area contributed by atoms with Gasteiger partial charge in [0, 0.05) is 31.1 Å². The standard InChI is InChI=1S/C29H28N4O6/c34-25(24-22-11-5-4-10-21(22)13-15-30-24)31-23-12-6-7-14-29(27(36)37)19-32(16-17-33(29)26(23)35)28(38)39-18-20-8-2-1-3-9-20/h1-11,13,15,23H,12,14,16-19H2,(H,31,34)(H,36,37)/b7-6-/t23-,29-/m0/s1. The number of ether oxygens (including phenoxy) is 1. The lowest BCUT2D eigenvalue weighted by Crippen LogP contribution is -2.70. The lowest BCUT2D eigenvalue weighted by atomic mass is 9.87. The molecule has 2 aliphatic heterocycles. The van der Waals surface area contributed by atoms with Crippen molar-refractivity contribution < 1.29 is 29.0 Å². The molecule has 2 aliphatic rings. The van der Waals surface area contributed by atoms with Gasteiger partial charge in [-0.3, -0.25) is 14.6 Å². The lowest BCUT2D eigenvalue weighted by molar-refractivity contribution is -0.165. The number of aliphatic carboxylic acids is 1. The monoisotopic (exact) mass is 528 g/mol. The molecule has 0 saturated carbocycles. The molecule has 10 heteroatoms. The number of carbonyl (C=O) groups is 4. The van der Waals surface area contributed by atoms with E-state index in [-0.39, 0.29) is 44.8 Å². The summed E-state index contributed by atoms with van der Waals surface area (Å²) in [5.74, 6) is -2.28. The van der Waals surface area contributed by atoms with Gasteiger partial charge in [-0.2, -0.15) is 0 Å². The zero-order chi connectivity index (χ0) is 27.4. The second kappa shape index (κ2) is 10.9. The van der Waals surface area contributed by atoms with Crippen LogP contribution in [0.4, 0.5) is 4.79 Å². The fourth-order valence-corrected chi connectivity index (χ4v) is 5.09. The summed E-state index contributed by atoms with van der Waals surface area (Å²) < 4.78 is 5.42. The van der Waals surface area contributed by atoms with Crippen molar-refractivity contribution in [1.82, 2.24) is 20.1 Å².